The van der Waals surface area contributed by atoms with Crippen LogP contribution in [-0.4, -0.2) is 37.2 Å². The summed E-state index contributed by atoms with van der Waals surface area (Å²) in [7, 11) is 0. The molecule has 0 bridgehead atoms. The van der Waals surface area contributed by atoms with Crippen molar-refractivity contribution in [3.63, 3.8) is 0 Å². The van der Waals surface area contributed by atoms with Gasteiger partial charge in [0, 0.05) is 13.1 Å². The van der Waals surface area contributed by atoms with Gasteiger partial charge >= 0.3 is 6.03 Å². The number of aryl methyl sites for hydroxylation is 1. The largest absolute Gasteiger partial charge is 0.464 e. The molecule has 1 aliphatic heterocycles. The van der Waals surface area contributed by atoms with Crippen molar-refractivity contribution in [2.24, 2.45) is 0 Å². The Balaban J connectivity index is 1.53. The van der Waals surface area contributed by atoms with E-state index in [1.54, 1.807) is 16.2 Å². The zero-order chi connectivity index (χ0) is 16.2. The first-order valence-corrected chi connectivity index (χ1v) is 8.80. The minimum Gasteiger partial charge on any atom is -0.464 e. The SMILES string of the molecule is Cc1ccc([C@@H]2CN(C(=O)NC[C@@H](C)c3ccsc3)CCO2)o1. The highest BCUT2D eigenvalue weighted by molar-refractivity contribution is 7.07. The highest BCUT2D eigenvalue weighted by Crippen LogP contribution is 2.24. The van der Waals surface area contributed by atoms with Gasteiger partial charge in [0.15, 0.2) is 0 Å². The van der Waals surface area contributed by atoms with Crippen LogP contribution in [0.2, 0.25) is 0 Å². The van der Waals surface area contributed by atoms with E-state index in [1.807, 2.05) is 19.1 Å². The number of rotatable bonds is 4. The molecule has 6 heteroatoms. The number of amides is 2. The molecule has 2 aromatic heterocycles. The standard InChI is InChI=1S/C17H22N2O3S/c1-12(14-5-8-23-11-14)9-18-17(20)19-6-7-21-16(10-19)15-4-3-13(2)22-15/h3-5,8,11-12,16H,6-7,9-10H2,1-2H3,(H,18,20)/t12-,16+/m1/s1. The zero-order valence-electron chi connectivity index (χ0n) is 13.5. The number of carbonyl (C=O) groups is 1. The maximum atomic E-state index is 12.4. The minimum atomic E-state index is -0.183. The van der Waals surface area contributed by atoms with Crippen molar-refractivity contribution in [2.45, 2.75) is 25.9 Å². The van der Waals surface area contributed by atoms with E-state index in [-0.39, 0.29) is 12.1 Å². The third kappa shape index (κ3) is 3.95. The van der Waals surface area contributed by atoms with Crippen molar-refractivity contribution in [1.29, 1.82) is 0 Å². The van der Waals surface area contributed by atoms with Crippen LogP contribution in [0.1, 0.15) is 36.0 Å². The number of morpholine rings is 1. The van der Waals surface area contributed by atoms with Gasteiger partial charge in [-0.15, -0.1) is 0 Å². The first-order chi connectivity index (χ1) is 11.1. The summed E-state index contributed by atoms with van der Waals surface area (Å²) in [6.45, 7) is 6.31. The van der Waals surface area contributed by atoms with Gasteiger partial charge in [-0.25, -0.2) is 4.79 Å². The predicted molar refractivity (Wildman–Crippen MR) is 89.8 cm³/mol. The Labute approximate surface area is 140 Å². The van der Waals surface area contributed by atoms with Crippen molar-refractivity contribution in [3.8, 4) is 0 Å². The molecule has 5 nitrogen and oxygen atoms in total. The van der Waals surface area contributed by atoms with Crippen molar-refractivity contribution in [1.82, 2.24) is 10.2 Å². The summed E-state index contributed by atoms with van der Waals surface area (Å²) < 4.78 is 11.3. The fourth-order valence-corrected chi connectivity index (χ4v) is 3.44. The van der Waals surface area contributed by atoms with Gasteiger partial charge in [-0.3, -0.25) is 0 Å². The summed E-state index contributed by atoms with van der Waals surface area (Å²) >= 11 is 1.68. The lowest BCUT2D eigenvalue weighted by Crippen LogP contribution is -2.47. The van der Waals surface area contributed by atoms with Gasteiger partial charge in [0.2, 0.25) is 0 Å². The lowest BCUT2D eigenvalue weighted by molar-refractivity contribution is -0.0263. The van der Waals surface area contributed by atoms with E-state index in [2.05, 4.69) is 29.1 Å². The summed E-state index contributed by atoms with van der Waals surface area (Å²) in [5.41, 5.74) is 1.27. The fourth-order valence-electron chi connectivity index (χ4n) is 2.66. The zero-order valence-corrected chi connectivity index (χ0v) is 14.3. The van der Waals surface area contributed by atoms with Crippen molar-refractivity contribution in [2.75, 3.05) is 26.2 Å². The van der Waals surface area contributed by atoms with Gasteiger partial charge in [0.25, 0.3) is 0 Å². The van der Waals surface area contributed by atoms with E-state index < -0.39 is 0 Å². The molecule has 0 saturated carbocycles. The summed E-state index contributed by atoms with van der Waals surface area (Å²) in [6.07, 6.45) is -0.183. The molecule has 1 fully saturated rings. The second kappa shape index (κ2) is 7.19. The number of urea groups is 1. The van der Waals surface area contributed by atoms with Gasteiger partial charge in [-0.2, -0.15) is 11.3 Å². The average molecular weight is 334 g/mol. The smallest absolute Gasteiger partial charge is 0.317 e. The van der Waals surface area contributed by atoms with Crippen LogP contribution >= 0.6 is 11.3 Å². The maximum absolute atomic E-state index is 12.4. The second-order valence-electron chi connectivity index (χ2n) is 5.90. The molecule has 1 saturated heterocycles. The Morgan fingerprint density at radius 1 is 1.48 bits per heavy atom. The van der Waals surface area contributed by atoms with Gasteiger partial charge < -0.3 is 19.4 Å². The fraction of sp³-hybridized carbons (Fsp3) is 0.471. The minimum absolute atomic E-state index is 0.0383. The van der Waals surface area contributed by atoms with Crippen LogP contribution in [0, 0.1) is 6.92 Å². The van der Waals surface area contributed by atoms with E-state index >= 15 is 0 Å². The van der Waals surface area contributed by atoms with Crippen LogP contribution in [0.3, 0.4) is 0 Å². The molecule has 0 aromatic carbocycles. The Bertz CT molecular complexity index is 638. The molecule has 1 aliphatic rings. The molecule has 0 spiro atoms. The van der Waals surface area contributed by atoms with E-state index in [9.17, 15) is 4.79 Å². The Kier molecular flexibility index (Phi) is 5.03. The topological polar surface area (TPSA) is 54.7 Å². The summed E-state index contributed by atoms with van der Waals surface area (Å²) in [6, 6.07) is 5.90. The lowest BCUT2D eigenvalue weighted by Gasteiger charge is -2.32. The molecule has 3 heterocycles. The Morgan fingerprint density at radius 2 is 2.35 bits per heavy atom. The van der Waals surface area contributed by atoms with Crippen LogP contribution in [-0.2, 0) is 4.74 Å². The molecule has 0 radical (unpaired) electrons. The Hall–Kier alpha value is -1.79. The maximum Gasteiger partial charge on any atom is 0.317 e. The number of thiophene rings is 1. The van der Waals surface area contributed by atoms with Gasteiger partial charge in [-0.05, 0) is 47.4 Å². The molecule has 23 heavy (non-hydrogen) atoms. The number of hydrogen-bond acceptors (Lipinski definition) is 4. The lowest BCUT2D eigenvalue weighted by atomic mass is 10.1. The molecule has 2 aromatic rings. The third-order valence-corrected chi connectivity index (χ3v) is 4.81. The first kappa shape index (κ1) is 16.1. The molecule has 2 amide bonds. The average Bonchev–Trinajstić information content (AvgIpc) is 3.24. The summed E-state index contributed by atoms with van der Waals surface area (Å²) in [4.78, 5) is 14.2. The predicted octanol–water partition coefficient (Wildman–Crippen LogP) is 3.54. The molecule has 1 N–H and O–H groups in total. The number of ether oxygens (including phenoxy) is 1. The van der Waals surface area contributed by atoms with Crippen LogP contribution in [0.15, 0.2) is 33.4 Å². The molecule has 2 atom stereocenters. The highest BCUT2D eigenvalue weighted by Gasteiger charge is 2.27. The van der Waals surface area contributed by atoms with E-state index in [1.165, 1.54) is 5.56 Å². The number of nitrogens with zero attached hydrogens (tertiary/aromatic N) is 1. The van der Waals surface area contributed by atoms with Crippen molar-refractivity contribution >= 4 is 17.4 Å². The first-order valence-electron chi connectivity index (χ1n) is 7.86. The molecule has 0 unspecified atom stereocenters. The Morgan fingerprint density at radius 3 is 3.04 bits per heavy atom. The van der Waals surface area contributed by atoms with Crippen LogP contribution in [0.5, 0.6) is 0 Å². The van der Waals surface area contributed by atoms with Gasteiger partial charge in [0.05, 0.1) is 13.2 Å². The van der Waals surface area contributed by atoms with E-state index in [0.717, 1.165) is 11.5 Å². The molecular formula is C17H22N2O3S. The number of furan rings is 1. The van der Waals surface area contributed by atoms with Gasteiger partial charge in [-0.1, -0.05) is 6.92 Å². The highest BCUT2D eigenvalue weighted by atomic mass is 32.1. The third-order valence-electron chi connectivity index (χ3n) is 4.10. The quantitative estimate of drug-likeness (QED) is 0.930. The molecule has 3 rings (SSSR count). The normalized spacial score (nSPS) is 19.6. The van der Waals surface area contributed by atoms with Crippen LogP contribution < -0.4 is 5.32 Å². The summed E-state index contributed by atoms with van der Waals surface area (Å²) in [5, 5.41) is 7.21. The molecular weight excluding hydrogens is 312 g/mol. The second-order valence-corrected chi connectivity index (χ2v) is 6.68. The molecule has 124 valence electrons. The monoisotopic (exact) mass is 334 g/mol. The van der Waals surface area contributed by atoms with E-state index in [0.29, 0.717) is 32.2 Å². The van der Waals surface area contributed by atoms with Crippen molar-refractivity contribution < 1.29 is 13.9 Å². The molecule has 0 aliphatic carbocycles. The summed E-state index contributed by atoms with van der Waals surface area (Å²) in [5.74, 6) is 1.95. The number of carbonyl (C=O) groups excluding carboxylic acids is 1. The van der Waals surface area contributed by atoms with Crippen LogP contribution in [0.25, 0.3) is 0 Å². The number of nitrogens with one attached hydrogen (secondary N) is 1. The number of hydrogen-bond donors (Lipinski definition) is 1. The van der Waals surface area contributed by atoms with Crippen molar-refractivity contribution in [3.05, 3.63) is 46.0 Å². The van der Waals surface area contributed by atoms with Crippen LogP contribution in [0.4, 0.5) is 4.79 Å². The van der Waals surface area contributed by atoms with E-state index in [4.69, 9.17) is 9.15 Å². The van der Waals surface area contributed by atoms with Gasteiger partial charge in [0.1, 0.15) is 17.6 Å².